The number of rotatable bonds is 6. The van der Waals surface area contributed by atoms with Gasteiger partial charge in [0, 0.05) is 11.8 Å². The minimum atomic E-state index is -3.48. The average molecular weight is 466 g/mol. The minimum Gasteiger partial charge on any atom is -0.368 e. The van der Waals surface area contributed by atoms with Crippen LogP contribution in [0.2, 0.25) is 0 Å². The van der Waals surface area contributed by atoms with Crippen molar-refractivity contribution in [2.24, 2.45) is 0 Å². The Labute approximate surface area is 195 Å². The van der Waals surface area contributed by atoms with Crippen molar-refractivity contribution in [3.63, 3.8) is 0 Å². The quantitative estimate of drug-likeness (QED) is 0.494. The van der Waals surface area contributed by atoms with Crippen LogP contribution in [0, 0.1) is 6.92 Å². The summed E-state index contributed by atoms with van der Waals surface area (Å²) in [7, 11) is -3.48. The maximum atomic E-state index is 12.9. The van der Waals surface area contributed by atoms with Crippen molar-refractivity contribution in [2.75, 3.05) is 24.1 Å². The number of nitrogen functional groups attached to an aromatic ring is 1. The molecule has 0 radical (unpaired) electrons. The molecule has 2 heterocycles. The van der Waals surface area contributed by atoms with Gasteiger partial charge in [-0.3, -0.25) is 0 Å². The fourth-order valence-electron chi connectivity index (χ4n) is 4.34. The molecule has 0 saturated carbocycles. The highest BCUT2D eigenvalue weighted by molar-refractivity contribution is 7.92. The monoisotopic (exact) mass is 465 g/mol. The number of benzene rings is 2. The lowest BCUT2D eigenvalue weighted by Gasteiger charge is -2.25. The van der Waals surface area contributed by atoms with Crippen LogP contribution >= 0.6 is 0 Å². The largest absolute Gasteiger partial charge is 0.368 e. The Bertz CT molecular complexity index is 1250. The second-order valence-corrected chi connectivity index (χ2v) is 11.3. The summed E-state index contributed by atoms with van der Waals surface area (Å²) in [5.74, 6) is 1.16. The van der Waals surface area contributed by atoms with Crippen molar-refractivity contribution in [1.29, 1.82) is 0 Å². The number of nitrogens with zero attached hydrogens (tertiary/aromatic N) is 2. The number of hydrogen-bond donors (Lipinski definition) is 3. The minimum absolute atomic E-state index is 0.119. The third kappa shape index (κ3) is 4.86. The van der Waals surface area contributed by atoms with Gasteiger partial charge < -0.3 is 16.4 Å². The van der Waals surface area contributed by atoms with Gasteiger partial charge in [-0.2, -0.15) is 4.98 Å². The van der Waals surface area contributed by atoms with E-state index in [0.29, 0.717) is 17.4 Å². The summed E-state index contributed by atoms with van der Waals surface area (Å²) in [6.07, 6.45) is 3.96. The molecule has 0 bridgehead atoms. The van der Waals surface area contributed by atoms with Gasteiger partial charge in [-0.05, 0) is 81.4 Å². The molecule has 1 aliphatic heterocycles. The molecule has 8 heteroatoms. The van der Waals surface area contributed by atoms with Crippen LogP contribution in [0.1, 0.15) is 43.7 Å². The van der Waals surface area contributed by atoms with Gasteiger partial charge >= 0.3 is 0 Å². The summed E-state index contributed by atoms with van der Waals surface area (Å²) in [5.41, 5.74) is 10.7. The highest BCUT2D eigenvalue weighted by Crippen LogP contribution is 2.35. The standard InChI is InChI=1S/C25H31N5O2S/c1-16(2)33(31,32)23-7-5-4-6-22(23)29-24-21(15-28-25(26)30-24)19-8-9-20(17(3)14-19)18-10-12-27-13-11-18/h4-9,14-16,18,27H,10-13H2,1-3H3,(H3,26,28,29,30). The number of hydrogen-bond acceptors (Lipinski definition) is 7. The third-order valence-corrected chi connectivity index (χ3v) is 8.44. The molecule has 4 rings (SSSR count). The van der Waals surface area contributed by atoms with Gasteiger partial charge in [0.25, 0.3) is 0 Å². The molecule has 2 aromatic carbocycles. The number of sulfone groups is 1. The predicted octanol–water partition coefficient (Wildman–Crippen LogP) is 4.43. The van der Waals surface area contributed by atoms with E-state index in [2.05, 4.69) is 45.7 Å². The molecule has 33 heavy (non-hydrogen) atoms. The molecule has 0 aliphatic carbocycles. The smallest absolute Gasteiger partial charge is 0.221 e. The fraction of sp³-hybridized carbons (Fsp3) is 0.360. The van der Waals surface area contributed by atoms with E-state index < -0.39 is 15.1 Å². The lowest BCUT2D eigenvalue weighted by Crippen LogP contribution is -2.26. The van der Waals surface area contributed by atoms with E-state index in [9.17, 15) is 8.42 Å². The molecule has 0 amide bonds. The van der Waals surface area contributed by atoms with Crippen LogP contribution in [0.15, 0.2) is 53.6 Å². The van der Waals surface area contributed by atoms with Gasteiger partial charge in [-0.25, -0.2) is 13.4 Å². The van der Waals surface area contributed by atoms with Gasteiger partial charge in [-0.1, -0.05) is 30.3 Å². The lowest BCUT2D eigenvalue weighted by molar-refractivity contribution is 0.459. The second kappa shape index (κ2) is 9.49. The fourth-order valence-corrected chi connectivity index (χ4v) is 5.54. The van der Waals surface area contributed by atoms with E-state index in [1.165, 1.54) is 11.1 Å². The van der Waals surface area contributed by atoms with Crippen LogP contribution in [0.5, 0.6) is 0 Å². The van der Waals surface area contributed by atoms with Crippen LogP contribution in [-0.4, -0.2) is 36.7 Å². The number of nitrogens with two attached hydrogens (primary N) is 1. The van der Waals surface area contributed by atoms with Crippen LogP contribution in [0.25, 0.3) is 11.1 Å². The Hall–Kier alpha value is -2.97. The number of anilines is 3. The van der Waals surface area contributed by atoms with Crippen LogP contribution in [-0.2, 0) is 9.84 Å². The van der Waals surface area contributed by atoms with E-state index in [4.69, 9.17) is 5.73 Å². The van der Waals surface area contributed by atoms with Gasteiger partial charge in [0.2, 0.25) is 5.95 Å². The van der Waals surface area contributed by atoms with Crippen molar-refractivity contribution < 1.29 is 8.42 Å². The van der Waals surface area contributed by atoms with Crippen molar-refractivity contribution in [2.45, 2.75) is 49.7 Å². The maximum absolute atomic E-state index is 12.9. The first-order valence-electron chi connectivity index (χ1n) is 11.3. The van der Waals surface area contributed by atoms with Crippen LogP contribution < -0.4 is 16.4 Å². The Morgan fingerprint density at radius 2 is 1.85 bits per heavy atom. The molecule has 1 saturated heterocycles. The number of para-hydroxylation sites is 1. The Balaban J connectivity index is 1.73. The average Bonchev–Trinajstić information content (AvgIpc) is 2.80. The highest BCUT2D eigenvalue weighted by Gasteiger charge is 2.23. The maximum Gasteiger partial charge on any atom is 0.221 e. The number of piperidine rings is 1. The second-order valence-electron chi connectivity index (χ2n) is 8.80. The number of aryl methyl sites for hydroxylation is 1. The van der Waals surface area contributed by atoms with Crippen molar-refractivity contribution >= 4 is 27.3 Å². The zero-order valence-electron chi connectivity index (χ0n) is 19.3. The van der Waals surface area contributed by atoms with Gasteiger partial charge in [0.15, 0.2) is 9.84 Å². The molecule has 0 spiro atoms. The van der Waals surface area contributed by atoms with E-state index in [1.54, 1.807) is 44.3 Å². The molecular formula is C25H31N5O2S. The van der Waals surface area contributed by atoms with Crippen molar-refractivity contribution in [3.8, 4) is 11.1 Å². The lowest BCUT2D eigenvalue weighted by atomic mass is 9.86. The zero-order valence-corrected chi connectivity index (χ0v) is 20.1. The molecule has 7 nitrogen and oxygen atoms in total. The predicted molar refractivity (Wildman–Crippen MR) is 134 cm³/mol. The topological polar surface area (TPSA) is 110 Å². The summed E-state index contributed by atoms with van der Waals surface area (Å²) in [4.78, 5) is 8.84. The van der Waals surface area contributed by atoms with Gasteiger partial charge in [0.05, 0.1) is 15.8 Å². The van der Waals surface area contributed by atoms with Gasteiger partial charge in [0.1, 0.15) is 5.82 Å². The van der Waals surface area contributed by atoms with Crippen molar-refractivity contribution in [3.05, 3.63) is 59.8 Å². The van der Waals surface area contributed by atoms with Gasteiger partial charge in [-0.15, -0.1) is 0 Å². The van der Waals surface area contributed by atoms with E-state index in [0.717, 1.165) is 37.1 Å². The summed E-state index contributed by atoms with van der Waals surface area (Å²) >= 11 is 0. The first-order valence-corrected chi connectivity index (χ1v) is 12.9. The Kier molecular flexibility index (Phi) is 6.67. The molecule has 0 unspecified atom stereocenters. The van der Waals surface area contributed by atoms with Crippen LogP contribution in [0.3, 0.4) is 0 Å². The van der Waals surface area contributed by atoms with E-state index >= 15 is 0 Å². The van der Waals surface area contributed by atoms with Crippen LogP contribution in [0.4, 0.5) is 17.5 Å². The Morgan fingerprint density at radius 3 is 2.55 bits per heavy atom. The summed E-state index contributed by atoms with van der Waals surface area (Å²) in [6.45, 7) is 7.57. The molecule has 1 fully saturated rings. The third-order valence-electron chi connectivity index (χ3n) is 6.23. The summed E-state index contributed by atoms with van der Waals surface area (Å²) in [6, 6.07) is 13.3. The molecule has 3 aromatic rings. The molecular weight excluding hydrogens is 434 g/mol. The van der Waals surface area contributed by atoms with Crippen molar-refractivity contribution in [1.82, 2.24) is 15.3 Å². The number of aromatic nitrogens is 2. The molecule has 1 aliphatic rings. The SMILES string of the molecule is Cc1cc(-c2cnc(N)nc2Nc2ccccc2S(=O)(=O)C(C)C)ccc1C1CCNCC1. The molecule has 4 N–H and O–H groups in total. The normalized spacial score (nSPS) is 15.0. The first kappa shape index (κ1) is 23.2. The summed E-state index contributed by atoms with van der Waals surface area (Å²) < 4.78 is 25.8. The summed E-state index contributed by atoms with van der Waals surface area (Å²) in [5, 5.41) is 6.10. The molecule has 0 atom stereocenters. The molecule has 1 aromatic heterocycles. The zero-order chi connectivity index (χ0) is 23.6. The first-order chi connectivity index (χ1) is 15.8. The number of nitrogens with one attached hydrogen (secondary N) is 2. The van der Waals surface area contributed by atoms with E-state index in [1.807, 2.05) is 0 Å². The molecule has 174 valence electrons. The highest BCUT2D eigenvalue weighted by atomic mass is 32.2. The Morgan fingerprint density at radius 1 is 1.12 bits per heavy atom. The van der Waals surface area contributed by atoms with E-state index in [-0.39, 0.29) is 10.8 Å².